The molecule has 188 valence electrons. The largest absolute Gasteiger partial charge is 0.478 e. The topological polar surface area (TPSA) is 116 Å². The number of rotatable bonds is 13. The minimum atomic E-state index is -1.25. The molecule has 8 nitrogen and oxygen atoms in total. The second-order valence-electron chi connectivity index (χ2n) is 8.59. The van der Waals surface area contributed by atoms with Crippen molar-refractivity contribution in [1.82, 2.24) is 0 Å². The van der Waals surface area contributed by atoms with Gasteiger partial charge in [-0.05, 0) is 43.5 Å². The van der Waals surface area contributed by atoms with Gasteiger partial charge in [0.05, 0.1) is 28.9 Å². The SMILES string of the molecule is CC(C)CCCCCOC(=O)c1ccccc1C(=O)OC(C)COC(=O)c1ccccc1C(=O)O. The highest BCUT2D eigenvalue weighted by Gasteiger charge is 2.22. The van der Waals surface area contributed by atoms with Crippen LogP contribution >= 0.6 is 0 Å². The van der Waals surface area contributed by atoms with E-state index < -0.39 is 30.0 Å². The van der Waals surface area contributed by atoms with E-state index in [4.69, 9.17) is 14.2 Å². The van der Waals surface area contributed by atoms with Crippen LogP contribution < -0.4 is 0 Å². The summed E-state index contributed by atoms with van der Waals surface area (Å²) in [7, 11) is 0. The highest BCUT2D eigenvalue weighted by molar-refractivity contribution is 6.03. The number of esters is 3. The lowest BCUT2D eigenvalue weighted by atomic mass is 10.1. The van der Waals surface area contributed by atoms with Crippen molar-refractivity contribution in [1.29, 1.82) is 0 Å². The third kappa shape index (κ3) is 8.88. The molecular formula is C27H32O8. The molecule has 0 aliphatic heterocycles. The second-order valence-corrected chi connectivity index (χ2v) is 8.59. The predicted molar refractivity (Wildman–Crippen MR) is 129 cm³/mol. The maximum atomic E-state index is 12.7. The van der Waals surface area contributed by atoms with E-state index in [0.29, 0.717) is 5.92 Å². The van der Waals surface area contributed by atoms with E-state index in [1.54, 1.807) is 12.1 Å². The number of hydrogen-bond acceptors (Lipinski definition) is 7. The molecule has 8 heteroatoms. The Hall–Kier alpha value is -3.68. The van der Waals surface area contributed by atoms with E-state index in [2.05, 4.69) is 13.8 Å². The van der Waals surface area contributed by atoms with E-state index in [0.717, 1.165) is 25.7 Å². The van der Waals surface area contributed by atoms with Crippen molar-refractivity contribution in [3.05, 3.63) is 70.8 Å². The molecule has 1 N–H and O–H groups in total. The van der Waals surface area contributed by atoms with Gasteiger partial charge in [-0.15, -0.1) is 0 Å². The van der Waals surface area contributed by atoms with Crippen molar-refractivity contribution in [2.45, 2.75) is 52.6 Å². The van der Waals surface area contributed by atoms with Gasteiger partial charge in [-0.1, -0.05) is 57.4 Å². The first-order valence-corrected chi connectivity index (χ1v) is 11.7. The summed E-state index contributed by atoms with van der Waals surface area (Å²) in [6.07, 6.45) is 3.07. The zero-order valence-corrected chi connectivity index (χ0v) is 20.3. The fourth-order valence-corrected chi connectivity index (χ4v) is 3.31. The van der Waals surface area contributed by atoms with Crippen molar-refractivity contribution in [2.75, 3.05) is 13.2 Å². The zero-order valence-electron chi connectivity index (χ0n) is 20.3. The van der Waals surface area contributed by atoms with Crippen LogP contribution in [0, 0.1) is 5.92 Å². The first-order valence-electron chi connectivity index (χ1n) is 11.7. The molecule has 0 saturated heterocycles. The Labute approximate surface area is 205 Å². The highest BCUT2D eigenvalue weighted by Crippen LogP contribution is 2.15. The maximum absolute atomic E-state index is 12.7. The summed E-state index contributed by atoms with van der Waals surface area (Å²) in [5, 5.41) is 9.20. The Kier molecular flexibility index (Phi) is 10.9. The normalized spacial score (nSPS) is 11.5. The second kappa shape index (κ2) is 13.9. The van der Waals surface area contributed by atoms with Crippen molar-refractivity contribution in [3.8, 4) is 0 Å². The monoisotopic (exact) mass is 484 g/mol. The molecule has 2 aromatic rings. The molecular weight excluding hydrogens is 452 g/mol. The Bertz CT molecular complexity index is 1030. The van der Waals surface area contributed by atoms with Gasteiger partial charge in [0, 0.05) is 0 Å². The van der Waals surface area contributed by atoms with E-state index >= 15 is 0 Å². The average Bonchev–Trinajstić information content (AvgIpc) is 2.84. The first kappa shape index (κ1) is 27.6. The van der Waals surface area contributed by atoms with Gasteiger partial charge in [0.15, 0.2) is 0 Å². The molecule has 1 atom stereocenters. The summed E-state index contributed by atoms with van der Waals surface area (Å²) in [5.74, 6) is -2.82. The molecule has 0 amide bonds. The van der Waals surface area contributed by atoms with Crippen LogP contribution in [-0.2, 0) is 14.2 Å². The van der Waals surface area contributed by atoms with Gasteiger partial charge in [-0.2, -0.15) is 0 Å². The molecule has 2 rings (SSSR count). The van der Waals surface area contributed by atoms with Crippen LogP contribution in [-0.4, -0.2) is 48.3 Å². The number of carboxylic acids is 1. The number of unbranched alkanes of at least 4 members (excludes halogenated alkanes) is 2. The van der Waals surface area contributed by atoms with Crippen LogP contribution in [0.5, 0.6) is 0 Å². The van der Waals surface area contributed by atoms with Crippen LogP contribution in [0.4, 0.5) is 0 Å². The van der Waals surface area contributed by atoms with E-state index in [1.165, 1.54) is 43.3 Å². The number of benzene rings is 2. The Balaban J connectivity index is 1.89. The van der Waals surface area contributed by atoms with Gasteiger partial charge in [0.2, 0.25) is 0 Å². The van der Waals surface area contributed by atoms with E-state index in [1.807, 2.05) is 0 Å². The molecule has 0 aliphatic rings. The van der Waals surface area contributed by atoms with Crippen molar-refractivity contribution >= 4 is 23.9 Å². The molecule has 2 aromatic carbocycles. The molecule has 0 aliphatic carbocycles. The Morgan fingerprint density at radius 3 is 1.80 bits per heavy atom. The van der Waals surface area contributed by atoms with Crippen molar-refractivity contribution in [3.63, 3.8) is 0 Å². The van der Waals surface area contributed by atoms with Crippen LogP contribution in [0.1, 0.15) is 87.9 Å². The fourth-order valence-electron chi connectivity index (χ4n) is 3.31. The average molecular weight is 485 g/mol. The summed E-state index contributed by atoms with van der Waals surface area (Å²) < 4.78 is 15.8. The zero-order chi connectivity index (χ0) is 25.8. The molecule has 0 aromatic heterocycles. The summed E-state index contributed by atoms with van der Waals surface area (Å²) in [6.45, 7) is 5.83. The number of carbonyl (C=O) groups is 4. The molecule has 1 unspecified atom stereocenters. The van der Waals surface area contributed by atoms with Gasteiger partial charge < -0.3 is 19.3 Å². The summed E-state index contributed by atoms with van der Waals surface area (Å²) in [6, 6.07) is 11.8. The number of ether oxygens (including phenoxy) is 3. The van der Waals surface area contributed by atoms with Crippen LogP contribution in [0.15, 0.2) is 48.5 Å². The molecule has 0 spiro atoms. The molecule has 0 fully saturated rings. The number of carbonyl (C=O) groups excluding carboxylic acids is 3. The van der Waals surface area contributed by atoms with Gasteiger partial charge in [-0.3, -0.25) is 0 Å². The minimum Gasteiger partial charge on any atom is -0.478 e. The van der Waals surface area contributed by atoms with Gasteiger partial charge in [0.25, 0.3) is 0 Å². The smallest absolute Gasteiger partial charge is 0.339 e. The third-order valence-electron chi connectivity index (χ3n) is 5.16. The molecule has 35 heavy (non-hydrogen) atoms. The number of carboxylic acid groups (broad SMARTS) is 1. The Morgan fingerprint density at radius 1 is 0.714 bits per heavy atom. The highest BCUT2D eigenvalue weighted by atomic mass is 16.6. The molecule has 0 radical (unpaired) electrons. The summed E-state index contributed by atoms with van der Waals surface area (Å²) in [4.78, 5) is 48.7. The van der Waals surface area contributed by atoms with Gasteiger partial charge in [-0.25, -0.2) is 19.2 Å². The van der Waals surface area contributed by atoms with Crippen LogP contribution in [0.2, 0.25) is 0 Å². The van der Waals surface area contributed by atoms with Crippen LogP contribution in [0.25, 0.3) is 0 Å². The van der Waals surface area contributed by atoms with E-state index in [9.17, 15) is 24.3 Å². The quantitative estimate of drug-likeness (QED) is 0.235. The predicted octanol–water partition coefficient (Wildman–Crippen LogP) is 5.16. The van der Waals surface area contributed by atoms with Crippen molar-refractivity contribution in [2.24, 2.45) is 5.92 Å². The van der Waals surface area contributed by atoms with Gasteiger partial charge in [0.1, 0.15) is 12.7 Å². The van der Waals surface area contributed by atoms with Crippen molar-refractivity contribution < 1.29 is 38.5 Å². The summed E-state index contributed by atoms with van der Waals surface area (Å²) in [5.41, 5.74) is -0.142. The van der Waals surface area contributed by atoms with Gasteiger partial charge >= 0.3 is 23.9 Å². The minimum absolute atomic E-state index is 0.0479. The maximum Gasteiger partial charge on any atom is 0.339 e. The molecule has 0 heterocycles. The number of hydrogen-bond donors (Lipinski definition) is 1. The molecule has 0 bridgehead atoms. The first-order chi connectivity index (χ1) is 16.7. The third-order valence-corrected chi connectivity index (χ3v) is 5.16. The lowest BCUT2D eigenvalue weighted by Gasteiger charge is -2.15. The lowest BCUT2D eigenvalue weighted by molar-refractivity contribution is 0.00417. The standard InChI is InChI=1S/C27H32O8/c1-18(2)11-5-4-10-16-33-25(30)22-14-8-9-15-23(22)27(32)35-19(3)17-34-26(31)21-13-7-6-12-20(21)24(28)29/h6-9,12-15,18-19H,4-5,10-11,16-17H2,1-3H3,(H,28,29). The Morgan fingerprint density at radius 2 is 1.23 bits per heavy atom. The van der Waals surface area contributed by atoms with E-state index in [-0.39, 0.29) is 35.5 Å². The number of aromatic carboxylic acids is 1. The lowest BCUT2D eigenvalue weighted by Crippen LogP contribution is -2.24. The summed E-state index contributed by atoms with van der Waals surface area (Å²) >= 11 is 0. The fraction of sp³-hybridized carbons (Fsp3) is 0.407. The van der Waals surface area contributed by atoms with Crippen LogP contribution in [0.3, 0.4) is 0 Å². The molecule has 0 saturated carbocycles.